The number of benzene rings is 5. The summed E-state index contributed by atoms with van der Waals surface area (Å²) >= 11 is 1.83. The van der Waals surface area contributed by atoms with Crippen molar-refractivity contribution in [1.82, 2.24) is 9.97 Å². The molecule has 6 heteroatoms. The van der Waals surface area contributed by atoms with E-state index in [1.165, 1.54) is 20.2 Å². The number of thiophene rings is 1. The van der Waals surface area contributed by atoms with Crippen molar-refractivity contribution in [1.29, 1.82) is 0 Å². The number of rotatable bonds is 5. The fourth-order valence-electron chi connectivity index (χ4n) is 6.01. The van der Waals surface area contributed by atoms with Crippen molar-refractivity contribution >= 4 is 65.7 Å². The van der Waals surface area contributed by atoms with E-state index in [0.717, 1.165) is 63.6 Å². The third kappa shape index (κ3) is 4.22. The standard InChI is InChI=1S/C38H25N3O2S/c1-6-12-35-29(7-1)30-23-28(21-22-36(30)44-35)41(26-17-13-24(14-18-26)37-39-31-8-2-4-10-33(31)42-37)27-19-15-25(16-20-27)38-40-32-9-3-5-11-34(32)43-38/h1-4,6-10,12-23H,5,11H2. The lowest BCUT2D eigenvalue weighted by molar-refractivity contribution is 0.516. The Morgan fingerprint density at radius 1 is 0.614 bits per heavy atom. The van der Waals surface area contributed by atoms with Crippen LogP contribution in [-0.2, 0) is 6.42 Å². The van der Waals surface area contributed by atoms with E-state index in [9.17, 15) is 0 Å². The van der Waals surface area contributed by atoms with E-state index in [1.807, 2.05) is 35.6 Å². The van der Waals surface area contributed by atoms with Crippen LogP contribution in [-0.4, -0.2) is 9.97 Å². The summed E-state index contributed by atoms with van der Waals surface area (Å²) < 4.78 is 14.7. The number of aryl methyl sites for hydroxylation is 1. The van der Waals surface area contributed by atoms with Crippen molar-refractivity contribution in [2.45, 2.75) is 12.8 Å². The SMILES string of the molecule is C1=Cc2nc(-c3ccc(N(c4ccc(-c5nc6ccccc6o5)cc4)c4ccc5sc6ccccc6c5c4)cc3)oc2CC1. The lowest BCUT2D eigenvalue weighted by Gasteiger charge is -2.26. The molecule has 9 rings (SSSR count). The van der Waals surface area contributed by atoms with Crippen LogP contribution in [0.3, 0.4) is 0 Å². The Hall–Kier alpha value is -5.46. The molecule has 5 aromatic carbocycles. The average molecular weight is 588 g/mol. The van der Waals surface area contributed by atoms with Crippen molar-refractivity contribution in [3.63, 3.8) is 0 Å². The molecular formula is C38H25N3O2S. The number of para-hydroxylation sites is 2. The van der Waals surface area contributed by atoms with E-state index in [2.05, 4.69) is 108 Å². The van der Waals surface area contributed by atoms with Gasteiger partial charge >= 0.3 is 0 Å². The predicted molar refractivity (Wildman–Crippen MR) is 180 cm³/mol. The molecule has 5 nitrogen and oxygen atoms in total. The molecule has 3 heterocycles. The highest BCUT2D eigenvalue weighted by molar-refractivity contribution is 7.25. The molecule has 210 valence electrons. The highest BCUT2D eigenvalue weighted by Gasteiger charge is 2.18. The summed E-state index contributed by atoms with van der Waals surface area (Å²) in [5, 5.41) is 2.53. The Balaban J connectivity index is 1.14. The third-order valence-corrected chi connectivity index (χ3v) is 9.35. The third-order valence-electron chi connectivity index (χ3n) is 8.20. The molecule has 0 atom stereocenters. The van der Waals surface area contributed by atoms with Crippen LogP contribution in [0.1, 0.15) is 17.9 Å². The minimum atomic E-state index is 0.614. The molecule has 8 aromatic rings. The first-order valence-electron chi connectivity index (χ1n) is 14.7. The van der Waals surface area contributed by atoms with Crippen molar-refractivity contribution in [2.75, 3.05) is 4.90 Å². The first kappa shape index (κ1) is 25.1. The first-order valence-corrected chi connectivity index (χ1v) is 15.5. The van der Waals surface area contributed by atoms with Crippen molar-refractivity contribution in [3.05, 3.63) is 133 Å². The van der Waals surface area contributed by atoms with Gasteiger partial charge in [0.05, 0.1) is 0 Å². The van der Waals surface area contributed by atoms with E-state index in [-0.39, 0.29) is 0 Å². The molecule has 0 spiro atoms. The number of allylic oxidation sites excluding steroid dienone is 1. The van der Waals surface area contributed by atoms with Gasteiger partial charge in [0.2, 0.25) is 11.8 Å². The van der Waals surface area contributed by atoms with E-state index < -0.39 is 0 Å². The van der Waals surface area contributed by atoms with Gasteiger partial charge in [0.15, 0.2) is 5.58 Å². The molecule has 1 aliphatic carbocycles. The van der Waals surface area contributed by atoms with Crippen molar-refractivity contribution < 1.29 is 8.83 Å². The second kappa shape index (κ2) is 10.1. The van der Waals surface area contributed by atoms with Crippen LogP contribution in [0.25, 0.3) is 60.3 Å². The van der Waals surface area contributed by atoms with E-state index in [1.54, 1.807) is 0 Å². The molecular weight excluding hydrogens is 563 g/mol. The molecule has 0 unspecified atom stereocenters. The Labute approximate surface area is 257 Å². The van der Waals surface area contributed by atoms with Crippen LogP contribution in [0.2, 0.25) is 0 Å². The van der Waals surface area contributed by atoms with Crippen molar-refractivity contribution in [2.24, 2.45) is 0 Å². The Morgan fingerprint density at radius 3 is 2.07 bits per heavy atom. The number of oxazole rings is 2. The quantitative estimate of drug-likeness (QED) is 0.200. The number of hydrogen-bond donors (Lipinski definition) is 0. The lowest BCUT2D eigenvalue weighted by atomic mass is 10.1. The molecule has 0 aliphatic heterocycles. The Morgan fingerprint density at radius 2 is 1.30 bits per heavy atom. The number of aromatic nitrogens is 2. The predicted octanol–water partition coefficient (Wildman–Crippen LogP) is 10.9. The zero-order valence-electron chi connectivity index (χ0n) is 23.6. The maximum atomic E-state index is 6.13. The van der Waals surface area contributed by atoms with Crippen molar-refractivity contribution in [3.8, 4) is 22.9 Å². The van der Waals surface area contributed by atoms with Gasteiger partial charge in [0.25, 0.3) is 0 Å². The van der Waals surface area contributed by atoms with Gasteiger partial charge in [-0.05, 0) is 97.4 Å². The van der Waals surface area contributed by atoms with Gasteiger partial charge in [0.1, 0.15) is 17.0 Å². The maximum absolute atomic E-state index is 6.13. The van der Waals surface area contributed by atoms with Crippen LogP contribution in [0, 0.1) is 0 Å². The molecule has 0 saturated carbocycles. The smallest absolute Gasteiger partial charge is 0.227 e. The molecule has 44 heavy (non-hydrogen) atoms. The summed E-state index contributed by atoms with van der Waals surface area (Å²) in [6.45, 7) is 0. The van der Waals surface area contributed by atoms with E-state index in [0.29, 0.717) is 11.8 Å². The summed E-state index contributed by atoms with van der Waals surface area (Å²) in [6.07, 6.45) is 6.09. The summed E-state index contributed by atoms with van der Waals surface area (Å²) in [5.41, 5.74) is 7.63. The van der Waals surface area contributed by atoms with Gasteiger partial charge in [-0.25, -0.2) is 9.97 Å². The minimum Gasteiger partial charge on any atom is -0.441 e. The topological polar surface area (TPSA) is 55.3 Å². The minimum absolute atomic E-state index is 0.614. The summed E-state index contributed by atoms with van der Waals surface area (Å²) in [5.74, 6) is 2.24. The van der Waals surface area contributed by atoms with E-state index >= 15 is 0 Å². The average Bonchev–Trinajstić information content (AvgIpc) is 3.81. The maximum Gasteiger partial charge on any atom is 0.227 e. The lowest BCUT2D eigenvalue weighted by Crippen LogP contribution is -2.09. The molecule has 0 amide bonds. The normalized spacial score (nSPS) is 12.7. The van der Waals surface area contributed by atoms with Crippen LogP contribution >= 0.6 is 11.3 Å². The molecule has 3 aromatic heterocycles. The number of anilines is 3. The Bertz CT molecular complexity index is 2310. The first-order chi connectivity index (χ1) is 21.8. The van der Waals surface area contributed by atoms with Gasteiger partial charge in [-0.2, -0.15) is 0 Å². The van der Waals surface area contributed by atoms with Gasteiger partial charge in [-0.3, -0.25) is 0 Å². The largest absolute Gasteiger partial charge is 0.441 e. The van der Waals surface area contributed by atoms with Gasteiger partial charge in [0, 0.05) is 54.8 Å². The van der Waals surface area contributed by atoms with E-state index in [4.69, 9.17) is 18.8 Å². The zero-order chi connectivity index (χ0) is 29.0. The fraction of sp³-hybridized carbons (Fsp3) is 0.0526. The van der Waals surface area contributed by atoms with Crippen LogP contribution in [0.4, 0.5) is 17.1 Å². The van der Waals surface area contributed by atoms with Crippen LogP contribution in [0.15, 0.2) is 130 Å². The zero-order valence-corrected chi connectivity index (χ0v) is 24.4. The molecule has 0 fully saturated rings. The summed E-state index contributed by atoms with van der Waals surface area (Å²) in [6, 6.07) is 40.1. The number of hydrogen-bond acceptors (Lipinski definition) is 6. The second-order valence-corrected chi connectivity index (χ2v) is 12.0. The second-order valence-electron chi connectivity index (χ2n) is 11.0. The number of nitrogens with zero attached hydrogens (tertiary/aromatic N) is 3. The molecule has 0 N–H and O–H groups in total. The monoisotopic (exact) mass is 587 g/mol. The van der Waals surface area contributed by atoms with Crippen LogP contribution in [0.5, 0.6) is 0 Å². The molecule has 0 bridgehead atoms. The molecule has 0 radical (unpaired) electrons. The molecule has 1 aliphatic rings. The summed E-state index contributed by atoms with van der Waals surface area (Å²) in [7, 11) is 0. The van der Waals surface area contributed by atoms with Gasteiger partial charge in [-0.15, -0.1) is 11.3 Å². The van der Waals surface area contributed by atoms with Gasteiger partial charge < -0.3 is 13.7 Å². The fourth-order valence-corrected chi connectivity index (χ4v) is 7.09. The highest BCUT2D eigenvalue weighted by Crippen LogP contribution is 2.41. The highest BCUT2D eigenvalue weighted by atomic mass is 32.1. The van der Waals surface area contributed by atoms with Crippen LogP contribution < -0.4 is 4.90 Å². The number of fused-ring (bicyclic) bond motifs is 5. The Kier molecular flexibility index (Phi) is 5.74. The van der Waals surface area contributed by atoms with Gasteiger partial charge in [-0.1, -0.05) is 36.4 Å². The molecule has 0 saturated heterocycles. The summed E-state index contributed by atoms with van der Waals surface area (Å²) in [4.78, 5) is 11.7.